The second kappa shape index (κ2) is 9.23. The van der Waals surface area contributed by atoms with Crippen LogP contribution in [0.3, 0.4) is 0 Å². The number of rotatable bonds is 6. The fourth-order valence-corrected chi connectivity index (χ4v) is 6.09. The Hall–Kier alpha value is -3.57. The standard InChI is InChI=1S/C24H25N3O7S/c28-23(20(11-25-24(29)30)16-4-2-1-3-5-16)26-12-17-14-27(15-18(17)13-26)35(31,32)19-6-7-21-22(10-19)34-9-8-33-21/h1-7,10,20,25H,8-9,11-15H2,(H,29,30). The molecule has 0 saturated heterocycles. The molecule has 2 aromatic carbocycles. The highest BCUT2D eigenvalue weighted by Gasteiger charge is 2.39. The van der Waals surface area contributed by atoms with Crippen molar-refractivity contribution in [3.63, 3.8) is 0 Å². The van der Waals surface area contributed by atoms with Crippen LogP contribution in [0.4, 0.5) is 4.79 Å². The monoisotopic (exact) mass is 499 g/mol. The van der Waals surface area contributed by atoms with Gasteiger partial charge in [0.15, 0.2) is 11.5 Å². The lowest BCUT2D eigenvalue weighted by Crippen LogP contribution is -2.41. The lowest BCUT2D eigenvalue weighted by molar-refractivity contribution is -0.131. The fraction of sp³-hybridized carbons (Fsp3) is 0.333. The molecule has 0 aliphatic carbocycles. The molecular formula is C24H25N3O7S. The number of hydrogen-bond acceptors (Lipinski definition) is 6. The van der Waals surface area contributed by atoms with Crippen molar-refractivity contribution < 1.29 is 32.6 Å². The van der Waals surface area contributed by atoms with Gasteiger partial charge >= 0.3 is 6.09 Å². The molecule has 35 heavy (non-hydrogen) atoms. The van der Waals surface area contributed by atoms with Crippen molar-refractivity contribution in [1.29, 1.82) is 0 Å². The number of hydrogen-bond donors (Lipinski definition) is 2. The topological polar surface area (TPSA) is 125 Å². The summed E-state index contributed by atoms with van der Waals surface area (Å²) >= 11 is 0. The molecule has 3 aliphatic heterocycles. The van der Waals surface area contributed by atoms with E-state index in [0.29, 0.717) is 37.8 Å². The first-order valence-electron chi connectivity index (χ1n) is 11.2. The number of nitrogens with one attached hydrogen (secondary N) is 1. The van der Waals surface area contributed by atoms with Crippen LogP contribution in [0.15, 0.2) is 64.6 Å². The van der Waals surface area contributed by atoms with Crippen LogP contribution in [0.5, 0.6) is 11.5 Å². The molecule has 2 amide bonds. The van der Waals surface area contributed by atoms with Crippen LogP contribution in [-0.4, -0.2) is 80.7 Å². The summed E-state index contributed by atoms with van der Waals surface area (Å²) in [4.78, 5) is 26.2. The number of ether oxygens (including phenoxy) is 2. The zero-order chi connectivity index (χ0) is 24.6. The number of amides is 2. The average Bonchev–Trinajstić information content (AvgIpc) is 3.44. The molecule has 0 spiro atoms. The Kier molecular flexibility index (Phi) is 6.12. The molecule has 0 aromatic heterocycles. The quantitative estimate of drug-likeness (QED) is 0.579. The van der Waals surface area contributed by atoms with Gasteiger partial charge in [0, 0.05) is 38.8 Å². The molecule has 184 valence electrons. The molecular weight excluding hydrogens is 474 g/mol. The molecule has 0 fully saturated rings. The normalized spacial score (nSPS) is 18.3. The van der Waals surface area contributed by atoms with Gasteiger partial charge in [-0.05, 0) is 28.8 Å². The first kappa shape index (κ1) is 23.2. The van der Waals surface area contributed by atoms with E-state index in [1.54, 1.807) is 35.2 Å². The molecule has 11 heteroatoms. The van der Waals surface area contributed by atoms with Crippen LogP contribution in [0.2, 0.25) is 0 Å². The van der Waals surface area contributed by atoms with Gasteiger partial charge in [-0.1, -0.05) is 30.3 Å². The van der Waals surface area contributed by atoms with Crippen LogP contribution in [0.25, 0.3) is 0 Å². The van der Waals surface area contributed by atoms with Gasteiger partial charge in [0.2, 0.25) is 15.9 Å². The molecule has 0 radical (unpaired) electrons. The summed E-state index contributed by atoms with van der Waals surface area (Å²) in [5.41, 5.74) is 2.52. The largest absolute Gasteiger partial charge is 0.486 e. The number of carbonyl (C=O) groups excluding carboxylic acids is 1. The van der Waals surface area contributed by atoms with Crippen LogP contribution < -0.4 is 14.8 Å². The van der Waals surface area contributed by atoms with Crippen molar-refractivity contribution in [3.8, 4) is 11.5 Å². The zero-order valence-electron chi connectivity index (χ0n) is 18.8. The number of nitrogens with zero attached hydrogens (tertiary/aromatic N) is 2. The van der Waals surface area contributed by atoms with Gasteiger partial charge < -0.3 is 24.8 Å². The van der Waals surface area contributed by atoms with Crippen molar-refractivity contribution in [1.82, 2.24) is 14.5 Å². The van der Waals surface area contributed by atoms with Gasteiger partial charge in [0.05, 0.1) is 10.8 Å². The summed E-state index contributed by atoms with van der Waals surface area (Å²) in [7, 11) is -3.75. The molecule has 3 aliphatic rings. The van der Waals surface area contributed by atoms with Crippen LogP contribution in [-0.2, 0) is 14.8 Å². The summed E-state index contributed by atoms with van der Waals surface area (Å²) in [6.45, 7) is 1.80. The minimum absolute atomic E-state index is 0.0377. The van der Waals surface area contributed by atoms with Gasteiger partial charge in [0.1, 0.15) is 13.2 Å². The van der Waals surface area contributed by atoms with E-state index in [1.165, 1.54) is 16.4 Å². The van der Waals surface area contributed by atoms with Crippen molar-refractivity contribution in [2.45, 2.75) is 10.8 Å². The lowest BCUT2D eigenvalue weighted by Gasteiger charge is -2.27. The second-order valence-corrected chi connectivity index (χ2v) is 10.6. The van der Waals surface area contributed by atoms with E-state index in [0.717, 1.165) is 16.7 Å². The molecule has 0 bridgehead atoms. The van der Waals surface area contributed by atoms with Gasteiger partial charge in [0.25, 0.3) is 0 Å². The maximum Gasteiger partial charge on any atom is 0.404 e. The predicted molar refractivity (Wildman–Crippen MR) is 125 cm³/mol. The Morgan fingerprint density at radius 3 is 2.26 bits per heavy atom. The van der Waals surface area contributed by atoms with Gasteiger partial charge in [-0.15, -0.1) is 0 Å². The number of fused-ring (bicyclic) bond motifs is 1. The number of carboxylic acid groups (broad SMARTS) is 1. The second-order valence-electron chi connectivity index (χ2n) is 8.63. The summed E-state index contributed by atoms with van der Waals surface area (Å²) in [6, 6.07) is 13.6. The molecule has 2 aromatic rings. The molecule has 3 heterocycles. The Bertz CT molecular complexity index is 1280. The van der Waals surface area contributed by atoms with Gasteiger partial charge in [-0.2, -0.15) is 4.31 Å². The number of benzene rings is 2. The predicted octanol–water partition coefficient (Wildman–Crippen LogP) is 1.65. The molecule has 1 unspecified atom stereocenters. The Labute approximate surface area is 202 Å². The third kappa shape index (κ3) is 4.56. The highest BCUT2D eigenvalue weighted by molar-refractivity contribution is 7.89. The number of sulfonamides is 1. The van der Waals surface area contributed by atoms with E-state index in [1.807, 2.05) is 6.07 Å². The summed E-state index contributed by atoms with van der Waals surface area (Å²) in [6.07, 6.45) is -1.19. The van der Waals surface area contributed by atoms with Crippen molar-refractivity contribution >= 4 is 22.0 Å². The highest BCUT2D eigenvalue weighted by Crippen LogP contribution is 2.36. The molecule has 2 N–H and O–H groups in total. The van der Waals surface area contributed by atoms with E-state index in [2.05, 4.69) is 5.32 Å². The third-order valence-electron chi connectivity index (χ3n) is 6.42. The third-order valence-corrected chi connectivity index (χ3v) is 8.21. The smallest absolute Gasteiger partial charge is 0.404 e. The Morgan fingerprint density at radius 2 is 1.60 bits per heavy atom. The molecule has 0 saturated carbocycles. The minimum Gasteiger partial charge on any atom is -0.486 e. The average molecular weight is 500 g/mol. The number of carbonyl (C=O) groups is 2. The zero-order valence-corrected chi connectivity index (χ0v) is 19.7. The summed E-state index contributed by atoms with van der Waals surface area (Å²) in [5.74, 6) is 0.0814. The maximum atomic E-state index is 13.3. The van der Waals surface area contributed by atoms with E-state index < -0.39 is 22.0 Å². The first-order valence-corrected chi connectivity index (χ1v) is 12.7. The van der Waals surface area contributed by atoms with Crippen molar-refractivity contribution in [2.24, 2.45) is 0 Å². The first-order chi connectivity index (χ1) is 16.8. The van der Waals surface area contributed by atoms with E-state index in [9.17, 15) is 18.0 Å². The molecule has 5 rings (SSSR count). The SMILES string of the molecule is O=C(O)NCC(C(=O)N1CC2=C(C1)CN(S(=O)(=O)c1ccc3c(c1)OCCO3)C2)c1ccccc1. The van der Waals surface area contributed by atoms with E-state index >= 15 is 0 Å². The van der Waals surface area contributed by atoms with Gasteiger partial charge in [-0.25, -0.2) is 13.2 Å². The van der Waals surface area contributed by atoms with Crippen molar-refractivity contribution in [2.75, 3.05) is 45.9 Å². The van der Waals surface area contributed by atoms with Crippen LogP contribution in [0, 0.1) is 0 Å². The molecule has 10 nitrogen and oxygen atoms in total. The Balaban J connectivity index is 1.27. The minimum atomic E-state index is -3.75. The van der Waals surface area contributed by atoms with Crippen LogP contribution in [0.1, 0.15) is 11.5 Å². The summed E-state index contributed by atoms with van der Waals surface area (Å²) in [5, 5.41) is 11.3. The van der Waals surface area contributed by atoms with Crippen molar-refractivity contribution in [3.05, 3.63) is 65.2 Å². The fourth-order valence-electron chi connectivity index (χ4n) is 4.65. The lowest BCUT2D eigenvalue weighted by atomic mass is 9.97. The Morgan fingerprint density at radius 1 is 0.943 bits per heavy atom. The van der Waals surface area contributed by atoms with Gasteiger partial charge in [-0.3, -0.25) is 4.79 Å². The summed E-state index contributed by atoms with van der Waals surface area (Å²) < 4.78 is 38.9. The highest BCUT2D eigenvalue weighted by atomic mass is 32.2. The van der Waals surface area contributed by atoms with Crippen LogP contribution >= 0.6 is 0 Å². The molecule has 1 atom stereocenters. The van der Waals surface area contributed by atoms with E-state index in [-0.39, 0.29) is 30.4 Å². The van der Waals surface area contributed by atoms with E-state index in [4.69, 9.17) is 14.6 Å². The maximum absolute atomic E-state index is 13.3.